The molecule has 5 fully saturated rings. The molecule has 5 rings (SSSR count). The van der Waals surface area contributed by atoms with Crippen molar-refractivity contribution in [1.82, 2.24) is 0 Å². The Hall–Kier alpha value is -1.03. The summed E-state index contributed by atoms with van der Waals surface area (Å²) in [5.41, 5.74) is -0.241. The zero-order valence-corrected chi connectivity index (χ0v) is 44.3. The molecule has 0 aliphatic carbocycles. The van der Waals surface area contributed by atoms with E-state index >= 15 is 0 Å². The van der Waals surface area contributed by atoms with Gasteiger partial charge in [0.25, 0.3) is 0 Å². The van der Waals surface area contributed by atoms with Gasteiger partial charge >= 0.3 is 18.5 Å². The third kappa shape index (κ3) is 40.0. The average Bonchev–Trinajstić information content (AvgIpc) is 4.01. The van der Waals surface area contributed by atoms with Gasteiger partial charge in [0.2, 0.25) is 0 Å². The number of unbranched alkanes of at least 4 members (excludes halogenated alkanes) is 15. The highest BCUT2D eigenvalue weighted by atomic mass is 19.4. The van der Waals surface area contributed by atoms with Crippen molar-refractivity contribution in [3.63, 3.8) is 0 Å². The molecule has 0 saturated carbocycles. The number of hydrogen-bond acceptors (Lipinski definition) is 10. The van der Waals surface area contributed by atoms with Crippen molar-refractivity contribution in [3.8, 4) is 0 Å². The summed E-state index contributed by atoms with van der Waals surface area (Å²) in [7, 11) is 0. The van der Waals surface area contributed by atoms with Crippen molar-refractivity contribution in [2.75, 3.05) is 99.1 Å². The van der Waals surface area contributed by atoms with Gasteiger partial charge in [0, 0.05) is 35.7 Å². The summed E-state index contributed by atoms with van der Waals surface area (Å²) in [4.78, 5) is 0. The molecular weight excluding hydrogens is 956 g/mol. The fraction of sp³-hybridized carbons (Fsp3) is 1.00. The van der Waals surface area contributed by atoms with Gasteiger partial charge in [-0.2, -0.15) is 39.5 Å². The highest BCUT2D eigenvalue weighted by molar-refractivity contribution is 4.82. The van der Waals surface area contributed by atoms with Crippen LogP contribution in [0.2, 0.25) is 0 Å². The fourth-order valence-corrected chi connectivity index (χ4v) is 7.62. The second-order valence-corrected chi connectivity index (χ2v) is 21.4. The number of halogens is 9. The van der Waals surface area contributed by atoms with E-state index in [-0.39, 0.29) is 55.2 Å². The molecule has 10 nitrogen and oxygen atoms in total. The highest BCUT2D eigenvalue weighted by Crippen LogP contribution is 2.31. The van der Waals surface area contributed by atoms with Crippen molar-refractivity contribution < 1.29 is 87.3 Å². The Balaban J connectivity index is 0.000000448. The standard InChI is InChI=1S/C16H32O3.C12H24O.C9H15F3O2.C8H13F3O2.C7H11F3O2/c1-3-4-5-6-7-8-9-10-11-12-16(2)18-14-15(13-17)19-16;1-2-3-4-5-6-7-8-9-10-12-11-13-12;1-8(6-14-7-8)5-13-4-2-3-9(10,11)12;1-7(5-13-6-7)4-12-3-2-8(9,10)11;1-6(2-11-3-6)4-12-5-7(8,9)10/h15,17H,3-14H2,1-2H3;12H,2-11H2,1H3;2-7H2,1H3;2-6H2,1H3;2-5H2,1H3. The first kappa shape index (κ1) is 68.0. The molecule has 5 heterocycles. The van der Waals surface area contributed by atoms with E-state index in [1.165, 1.54) is 109 Å². The van der Waals surface area contributed by atoms with Gasteiger partial charge < -0.3 is 47.7 Å². The number of alkyl halides is 9. The lowest BCUT2D eigenvalue weighted by Gasteiger charge is -2.37. The van der Waals surface area contributed by atoms with E-state index in [4.69, 9.17) is 43.0 Å². The van der Waals surface area contributed by atoms with Gasteiger partial charge in [-0.25, -0.2) is 0 Å². The van der Waals surface area contributed by atoms with E-state index in [1.54, 1.807) is 0 Å². The number of epoxide rings is 1. The molecule has 426 valence electrons. The molecule has 0 bridgehead atoms. The monoisotopic (exact) mass is 1050 g/mol. The van der Waals surface area contributed by atoms with Crippen molar-refractivity contribution >= 4 is 0 Å². The maximum atomic E-state index is 11.7. The van der Waals surface area contributed by atoms with Crippen molar-refractivity contribution in [2.45, 2.75) is 219 Å². The van der Waals surface area contributed by atoms with Gasteiger partial charge in [-0.3, -0.25) is 0 Å². The molecule has 0 amide bonds. The quantitative estimate of drug-likeness (QED) is 0.0398. The van der Waals surface area contributed by atoms with Crippen LogP contribution in [0.3, 0.4) is 0 Å². The van der Waals surface area contributed by atoms with Gasteiger partial charge in [-0.05, 0) is 26.2 Å². The molecule has 1 N–H and O–H groups in total. The van der Waals surface area contributed by atoms with E-state index in [0.29, 0.717) is 65.6 Å². The van der Waals surface area contributed by atoms with Crippen molar-refractivity contribution in [2.24, 2.45) is 16.2 Å². The fourth-order valence-electron chi connectivity index (χ4n) is 7.62. The number of ether oxygens (including phenoxy) is 9. The predicted molar refractivity (Wildman–Crippen MR) is 256 cm³/mol. The minimum atomic E-state index is -4.22. The molecule has 3 atom stereocenters. The second kappa shape index (κ2) is 36.9. The molecule has 0 spiro atoms. The molecule has 5 saturated heterocycles. The predicted octanol–water partition coefficient (Wildman–Crippen LogP) is 13.9. The summed E-state index contributed by atoms with van der Waals surface area (Å²) in [6, 6.07) is 0. The Labute approximate surface area is 421 Å². The van der Waals surface area contributed by atoms with Gasteiger partial charge in [-0.1, -0.05) is 137 Å². The minimum Gasteiger partial charge on any atom is -0.394 e. The van der Waals surface area contributed by atoms with Crippen molar-refractivity contribution in [3.05, 3.63) is 0 Å². The largest absolute Gasteiger partial charge is 0.411 e. The van der Waals surface area contributed by atoms with Crippen LogP contribution in [0.25, 0.3) is 0 Å². The van der Waals surface area contributed by atoms with Crippen LogP contribution in [-0.2, 0) is 42.6 Å². The molecule has 0 aromatic carbocycles. The van der Waals surface area contributed by atoms with Crippen LogP contribution in [0, 0.1) is 16.2 Å². The molecule has 0 radical (unpaired) electrons. The first-order valence-electron chi connectivity index (χ1n) is 26.6. The third-order valence-electron chi connectivity index (χ3n) is 12.3. The van der Waals surface area contributed by atoms with E-state index in [2.05, 4.69) is 18.6 Å². The van der Waals surface area contributed by atoms with E-state index in [0.717, 1.165) is 19.4 Å². The summed E-state index contributed by atoms with van der Waals surface area (Å²) in [6.45, 7) is 17.1. The first-order chi connectivity index (χ1) is 33.4. The van der Waals surface area contributed by atoms with E-state index in [9.17, 15) is 39.5 Å². The molecule has 0 aromatic rings. The molecule has 19 heteroatoms. The molecule has 3 unspecified atom stereocenters. The van der Waals surface area contributed by atoms with Crippen LogP contribution in [0.15, 0.2) is 0 Å². The first-order valence-corrected chi connectivity index (χ1v) is 26.6. The smallest absolute Gasteiger partial charge is 0.394 e. The van der Waals surface area contributed by atoms with Crippen LogP contribution in [-0.4, -0.2) is 141 Å². The topological polar surface area (TPSA) is 107 Å². The Morgan fingerprint density at radius 3 is 1.25 bits per heavy atom. The van der Waals surface area contributed by atoms with E-state index < -0.39 is 43.8 Å². The zero-order chi connectivity index (χ0) is 53.2. The number of rotatable bonds is 32. The Morgan fingerprint density at radius 2 is 0.887 bits per heavy atom. The number of hydrogen-bond donors (Lipinski definition) is 1. The Kier molecular flexibility index (Phi) is 35.3. The summed E-state index contributed by atoms with van der Waals surface area (Å²) >= 11 is 0. The van der Waals surface area contributed by atoms with Gasteiger partial charge in [0.05, 0.1) is 98.4 Å². The van der Waals surface area contributed by atoms with Crippen molar-refractivity contribution in [1.29, 1.82) is 0 Å². The molecule has 71 heavy (non-hydrogen) atoms. The van der Waals surface area contributed by atoms with Crippen LogP contribution < -0.4 is 0 Å². The second-order valence-electron chi connectivity index (χ2n) is 21.4. The third-order valence-corrected chi connectivity index (χ3v) is 12.3. The molecule has 0 aromatic heterocycles. The number of aliphatic hydroxyl groups excluding tert-OH is 1. The summed E-state index contributed by atoms with van der Waals surface area (Å²) in [5, 5.41) is 9.02. The van der Waals surface area contributed by atoms with Gasteiger partial charge in [-0.15, -0.1) is 0 Å². The van der Waals surface area contributed by atoms with Crippen LogP contribution in [0.4, 0.5) is 39.5 Å². The maximum Gasteiger partial charge on any atom is 0.411 e. The Morgan fingerprint density at radius 1 is 0.479 bits per heavy atom. The molecule has 5 aliphatic heterocycles. The maximum absolute atomic E-state index is 11.7. The normalized spacial score (nSPS) is 22.6. The lowest BCUT2D eigenvalue weighted by molar-refractivity contribution is -0.200. The summed E-state index contributed by atoms with van der Waals surface area (Å²) in [6.07, 6.45) is 12.2. The van der Waals surface area contributed by atoms with Crippen LogP contribution in [0.5, 0.6) is 0 Å². The molecule has 5 aliphatic rings. The lowest BCUT2D eigenvalue weighted by atomic mass is 9.90. The SMILES string of the molecule is CC1(COCC(F)(F)F)COC1.CC1(COCCC(F)(F)F)COC1.CC1(COCCCC(F)(F)F)COC1.CCCCCCCCCCC1CO1.CCCCCCCCCCCC1(C)OCC(CO)O1. The summed E-state index contributed by atoms with van der Waals surface area (Å²) < 4.78 is 151. The summed E-state index contributed by atoms with van der Waals surface area (Å²) in [5.74, 6) is -0.450. The van der Waals surface area contributed by atoms with Gasteiger partial charge in [0.15, 0.2) is 5.79 Å². The van der Waals surface area contributed by atoms with Gasteiger partial charge in [0.1, 0.15) is 12.7 Å². The van der Waals surface area contributed by atoms with E-state index in [1.807, 2.05) is 27.7 Å². The highest BCUT2D eigenvalue weighted by Gasteiger charge is 2.38. The Bertz CT molecular complexity index is 1260. The number of aliphatic hydroxyl groups is 1. The van der Waals surface area contributed by atoms with Crippen LogP contribution in [0.1, 0.15) is 183 Å². The zero-order valence-electron chi connectivity index (χ0n) is 44.3. The minimum absolute atomic E-state index is 0.0260. The lowest BCUT2D eigenvalue weighted by Crippen LogP contribution is -2.44. The molecular formula is C52H95F9O10. The average molecular weight is 1050 g/mol. The van der Waals surface area contributed by atoms with Crippen LogP contribution >= 0.6 is 0 Å².